The molecule has 0 aromatic heterocycles. The minimum atomic E-state index is -4.71. The average molecular weight is 567 g/mol. The van der Waals surface area contributed by atoms with Crippen molar-refractivity contribution >= 4 is 19.7 Å². The molecule has 1 saturated heterocycles. The van der Waals surface area contributed by atoms with Crippen LogP contribution in [-0.2, 0) is 35.3 Å². The molecule has 37 heavy (non-hydrogen) atoms. The molecule has 1 aliphatic carbocycles. The Balaban J connectivity index is 1.64. The highest BCUT2D eigenvalue weighted by atomic mass is 32.2. The van der Waals surface area contributed by atoms with Crippen LogP contribution in [0.1, 0.15) is 36.8 Å². The predicted octanol–water partition coefficient (Wildman–Crippen LogP) is 4.42. The fourth-order valence-corrected chi connectivity index (χ4v) is 9.51. The molecule has 2 heterocycles. The van der Waals surface area contributed by atoms with Crippen molar-refractivity contribution < 1.29 is 48.3 Å². The summed E-state index contributed by atoms with van der Waals surface area (Å²) in [5.41, 5.74) is -1.62. The summed E-state index contributed by atoms with van der Waals surface area (Å²) in [6.07, 6.45) is -5.04. The number of ether oxygens (including phenoxy) is 2. The number of rotatable bonds is 6. The molecule has 202 valence electrons. The lowest BCUT2D eigenvalue weighted by atomic mass is 9.75. The molecule has 0 spiro atoms. The van der Waals surface area contributed by atoms with Crippen LogP contribution in [0, 0.1) is 17.6 Å². The lowest BCUT2D eigenvalue weighted by Gasteiger charge is -2.50. The van der Waals surface area contributed by atoms with Gasteiger partial charge < -0.3 is 9.47 Å². The van der Waals surface area contributed by atoms with Crippen LogP contribution in [0.2, 0.25) is 0 Å². The third-order valence-electron chi connectivity index (χ3n) is 7.43. The molecule has 2 aromatic carbocycles. The van der Waals surface area contributed by atoms with Crippen molar-refractivity contribution in [1.29, 1.82) is 0 Å². The Bertz CT molecular complexity index is 1420. The lowest BCUT2D eigenvalue weighted by molar-refractivity contribution is -0.137. The molecular weight excluding hydrogens is 543 g/mol. The van der Waals surface area contributed by atoms with Crippen molar-refractivity contribution in [2.45, 2.75) is 52.9 Å². The van der Waals surface area contributed by atoms with Gasteiger partial charge in [-0.3, -0.25) is 0 Å². The van der Waals surface area contributed by atoms with E-state index in [4.69, 9.17) is 9.47 Å². The van der Waals surface area contributed by atoms with Crippen molar-refractivity contribution in [1.82, 2.24) is 0 Å². The highest BCUT2D eigenvalue weighted by Crippen LogP contribution is 2.56. The first-order valence-electron chi connectivity index (χ1n) is 11.7. The largest absolute Gasteiger partial charge is 0.490 e. The van der Waals surface area contributed by atoms with Crippen molar-refractivity contribution in [2.75, 3.05) is 19.0 Å². The van der Waals surface area contributed by atoms with E-state index in [1.54, 1.807) is 0 Å². The van der Waals surface area contributed by atoms with Gasteiger partial charge in [-0.15, -0.1) is 0 Å². The first-order valence-corrected chi connectivity index (χ1v) is 14.9. The van der Waals surface area contributed by atoms with E-state index in [-0.39, 0.29) is 25.2 Å². The number of hydrogen-bond acceptors (Lipinski definition) is 6. The molecule has 3 aliphatic rings. The molecule has 1 saturated carbocycles. The van der Waals surface area contributed by atoms with Gasteiger partial charge in [-0.2, -0.15) is 13.2 Å². The van der Waals surface area contributed by atoms with Crippen LogP contribution in [0.25, 0.3) is 0 Å². The maximum Gasteiger partial charge on any atom is 0.416 e. The Morgan fingerprint density at radius 1 is 0.946 bits per heavy atom. The van der Waals surface area contributed by atoms with E-state index in [0.29, 0.717) is 25.0 Å². The number of halogens is 5. The van der Waals surface area contributed by atoms with E-state index in [0.717, 1.165) is 24.3 Å². The van der Waals surface area contributed by atoms with Crippen LogP contribution < -0.4 is 4.74 Å². The first-order chi connectivity index (χ1) is 17.3. The number of fused-ring (bicyclic) bond motifs is 3. The molecule has 2 aliphatic heterocycles. The minimum absolute atomic E-state index is 0.0938. The second kappa shape index (κ2) is 8.91. The summed E-state index contributed by atoms with van der Waals surface area (Å²) >= 11 is 0. The van der Waals surface area contributed by atoms with E-state index in [1.165, 1.54) is 0 Å². The highest BCUT2D eigenvalue weighted by molar-refractivity contribution is 7.92. The van der Waals surface area contributed by atoms with Crippen molar-refractivity contribution in [3.8, 4) is 5.75 Å². The minimum Gasteiger partial charge on any atom is -0.490 e. The molecule has 13 heteroatoms. The Morgan fingerprint density at radius 2 is 1.59 bits per heavy atom. The van der Waals surface area contributed by atoms with Gasteiger partial charge in [0, 0.05) is 12.5 Å². The fraction of sp³-hybridized carbons (Fsp3) is 0.500. The zero-order chi connectivity index (χ0) is 26.8. The van der Waals surface area contributed by atoms with Gasteiger partial charge in [-0.1, -0.05) is 0 Å². The number of alkyl halides is 3. The van der Waals surface area contributed by atoms with Crippen LogP contribution in [0.15, 0.2) is 41.3 Å². The fourth-order valence-electron chi connectivity index (χ4n) is 5.42. The number of sulfone groups is 2. The van der Waals surface area contributed by atoms with E-state index < -0.39 is 87.9 Å². The van der Waals surface area contributed by atoms with Crippen LogP contribution in [0.5, 0.6) is 5.75 Å². The number of hydrogen-bond donors (Lipinski definition) is 0. The molecule has 1 unspecified atom stereocenters. The molecule has 2 fully saturated rings. The zero-order valence-electron chi connectivity index (χ0n) is 19.3. The van der Waals surface area contributed by atoms with Gasteiger partial charge in [0.25, 0.3) is 0 Å². The highest BCUT2D eigenvalue weighted by Gasteiger charge is 2.61. The van der Waals surface area contributed by atoms with E-state index in [9.17, 15) is 34.4 Å². The molecular formula is C24H23F5O6S2. The van der Waals surface area contributed by atoms with E-state index >= 15 is 4.39 Å². The van der Waals surface area contributed by atoms with Gasteiger partial charge in [-0.25, -0.2) is 25.6 Å². The third-order valence-corrected chi connectivity index (χ3v) is 12.3. The van der Waals surface area contributed by atoms with Crippen LogP contribution in [-0.4, -0.2) is 47.2 Å². The summed E-state index contributed by atoms with van der Waals surface area (Å²) in [4.78, 5) is -0.506. The molecule has 6 nitrogen and oxygen atoms in total. The van der Waals surface area contributed by atoms with Gasteiger partial charge in [0.1, 0.15) is 10.6 Å². The molecule has 3 atom stereocenters. The van der Waals surface area contributed by atoms with Crippen molar-refractivity contribution in [2.24, 2.45) is 5.92 Å². The lowest BCUT2D eigenvalue weighted by Crippen LogP contribution is -2.57. The van der Waals surface area contributed by atoms with Crippen LogP contribution >= 0.6 is 0 Å². The van der Waals surface area contributed by atoms with E-state index in [2.05, 4.69) is 0 Å². The molecule has 2 aromatic rings. The topological polar surface area (TPSA) is 86.7 Å². The summed E-state index contributed by atoms with van der Waals surface area (Å²) in [5.74, 6) is -4.06. The van der Waals surface area contributed by atoms with Gasteiger partial charge in [0.15, 0.2) is 31.2 Å². The maximum absolute atomic E-state index is 15.4. The number of benzene rings is 2. The van der Waals surface area contributed by atoms with Crippen molar-refractivity contribution in [3.63, 3.8) is 0 Å². The van der Waals surface area contributed by atoms with Gasteiger partial charge in [0.05, 0.1) is 39.7 Å². The summed E-state index contributed by atoms with van der Waals surface area (Å²) in [6.45, 7) is -0.638. The molecule has 0 amide bonds. The summed E-state index contributed by atoms with van der Waals surface area (Å²) < 4.78 is 132. The van der Waals surface area contributed by atoms with Crippen LogP contribution in [0.4, 0.5) is 22.0 Å². The smallest absolute Gasteiger partial charge is 0.416 e. The van der Waals surface area contributed by atoms with Crippen LogP contribution in [0.3, 0.4) is 0 Å². The Kier molecular flexibility index (Phi) is 6.35. The molecule has 5 rings (SSSR count). The van der Waals surface area contributed by atoms with Crippen molar-refractivity contribution in [3.05, 3.63) is 59.2 Å². The first kappa shape index (κ1) is 26.4. The second-order valence-corrected chi connectivity index (χ2v) is 14.2. The maximum atomic E-state index is 15.4. The quantitative estimate of drug-likeness (QED) is 0.482. The molecule has 0 bridgehead atoms. The molecule has 0 N–H and O–H groups in total. The summed E-state index contributed by atoms with van der Waals surface area (Å²) in [5, 5.41) is -0.452. The summed E-state index contributed by atoms with van der Waals surface area (Å²) in [7, 11) is -8.11. The Morgan fingerprint density at radius 3 is 2.22 bits per heavy atom. The second-order valence-electron chi connectivity index (χ2n) is 9.58. The predicted molar refractivity (Wildman–Crippen MR) is 121 cm³/mol. The monoisotopic (exact) mass is 566 g/mol. The van der Waals surface area contributed by atoms with E-state index in [1.807, 2.05) is 0 Å². The summed E-state index contributed by atoms with van der Waals surface area (Å²) in [6, 6.07) is 4.37. The van der Waals surface area contributed by atoms with Gasteiger partial charge in [-0.05, 0) is 62.1 Å². The zero-order valence-corrected chi connectivity index (χ0v) is 20.9. The van der Waals surface area contributed by atoms with Gasteiger partial charge >= 0.3 is 6.18 Å². The Labute approximate surface area is 210 Å². The standard InChI is InChI=1S/C24H23F5O6S2/c25-18-7-8-19(26)22-21(18)23(37(32,33)16-3-1-14(2-4-16)24(27,28)29)10-11-34-20(17(23)13-35-22)9-12-36(30,31)15-5-6-15/h1-4,7-8,15,17,20H,5-6,9-13H2/t17?,20-,23-/m0/s1. The molecule has 0 radical (unpaired) electrons. The van der Waals surface area contributed by atoms with Gasteiger partial charge in [0.2, 0.25) is 0 Å². The average Bonchev–Trinajstić information content (AvgIpc) is 3.70. The SMILES string of the molecule is O=S(=O)(CC[C@@H]1OCC[C@@]2(S(=O)(=O)c3ccc(C(F)(F)F)cc3)c3c(F)ccc(F)c3OCC12)C1CC1. The third kappa shape index (κ3) is 4.32. The Hall–Kier alpha value is -2.25. The normalized spacial score (nSPS) is 26.2.